The van der Waals surface area contributed by atoms with Gasteiger partial charge in [-0.3, -0.25) is 9.10 Å². The number of rotatable bonds is 10. The predicted octanol–water partition coefficient (Wildman–Crippen LogP) is 3.71. The Balaban J connectivity index is 1.89. The van der Waals surface area contributed by atoms with E-state index in [9.17, 15) is 13.2 Å². The minimum Gasteiger partial charge on any atom is -0.497 e. The van der Waals surface area contributed by atoms with Crippen LogP contribution >= 0.6 is 11.6 Å². The molecule has 0 aliphatic rings. The molecule has 0 aliphatic carbocycles. The number of nitrogens with zero attached hydrogens (tertiary/aromatic N) is 2. The molecule has 0 unspecified atom stereocenters. The Hall–Kier alpha value is -3.76. The number of ether oxygens (including phenoxy) is 3. The minimum absolute atomic E-state index is 0.00120. The van der Waals surface area contributed by atoms with E-state index in [0.29, 0.717) is 17.1 Å². The third-order valence-corrected chi connectivity index (χ3v) is 6.87. The monoisotopic (exact) mass is 517 g/mol. The fraction of sp³-hybridized carbons (Fsp3) is 0.167. The maximum Gasteiger partial charge on any atom is 0.264 e. The lowest BCUT2D eigenvalue weighted by molar-refractivity contribution is -0.119. The van der Waals surface area contributed by atoms with Crippen LogP contribution in [0, 0.1) is 0 Å². The summed E-state index contributed by atoms with van der Waals surface area (Å²) in [5, 5.41) is 4.22. The average molecular weight is 518 g/mol. The number of methoxy groups -OCH3 is 3. The zero-order valence-electron chi connectivity index (χ0n) is 19.3. The van der Waals surface area contributed by atoms with E-state index in [1.165, 1.54) is 51.8 Å². The van der Waals surface area contributed by atoms with Gasteiger partial charge in [-0.2, -0.15) is 5.10 Å². The number of sulfonamides is 1. The molecule has 3 aromatic carbocycles. The molecular formula is C24H24ClN3O6S. The Morgan fingerprint density at radius 2 is 1.69 bits per heavy atom. The molecule has 184 valence electrons. The van der Waals surface area contributed by atoms with Crippen molar-refractivity contribution in [3.8, 4) is 17.2 Å². The largest absolute Gasteiger partial charge is 0.497 e. The fourth-order valence-electron chi connectivity index (χ4n) is 3.14. The van der Waals surface area contributed by atoms with Crippen molar-refractivity contribution < 1.29 is 27.4 Å². The van der Waals surface area contributed by atoms with E-state index in [4.69, 9.17) is 25.8 Å². The van der Waals surface area contributed by atoms with Crippen molar-refractivity contribution in [3.63, 3.8) is 0 Å². The summed E-state index contributed by atoms with van der Waals surface area (Å²) < 4.78 is 43.6. The topological polar surface area (TPSA) is 107 Å². The number of benzene rings is 3. The first kappa shape index (κ1) is 25.9. The molecule has 11 heteroatoms. The summed E-state index contributed by atoms with van der Waals surface area (Å²) in [6.07, 6.45) is 1.38. The first-order valence-electron chi connectivity index (χ1n) is 10.3. The highest BCUT2D eigenvalue weighted by molar-refractivity contribution is 7.92. The fourth-order valence-corrected chi connectivity index (χ4v) is 4.75. The third-order valence-electron chi connectivity index (χ3n) is 4.86. The highest BCUT2D eigenvalue weighted by atomic mass is 35.5. The van der Waals surface area contributed by atoms with E-state index in [2.05, 4.69) is 10.5 Å². The molecule has 0 aromatic heterocycles. The van der Waals surface area contributed by atoms with Gasteiger partial charge >= 0.3 is 0 Å². The van der Waals surface area contributed by atoms with Gasteiger partial charge in [-0.15, -0.1) is 0 Å². The van der Waals surface area contributed by atoms with E-state index < -0.39 is 22.5 Å². The number of carbonyl (C=O) groups excluding carboxylic acids is 1. The lowest BCUT2D eigenvalue weighted by atomic mass is 10.2. The number of halogens is 1. The summed E-state index contributed by atoms with van der Waals surface area (Å²) in [7, 11) is 0.280. The van der Waals surface area contributed by atoms with Crippen molar-refractivity contribution in [2.45, 2.75) is 4.90 Å². The Bertz CT molecular complexity index is 1320. The predicted molar refractivity (Wildman–Crippen MR) is 134 cm³/mol. The molecule has 0 fully saturated rings. The van der Waals surface area contributed by atoms with Gasteiger partial charge in [-0.05, 0) is 42.5 Å². The van der Waals surface area contributed by atoms with Crippen molar-refractivity contribution >= 4 is 39.4 Å². The van der Waals surface area contributed by atoms with Crippen LogP contribution in [0.15, 0.2) is 76.7 Å². The maximum absolute atomic E-state index is 13.5. The van der Waals surface area contributed by atoms with Gasteiger partial charge in [-0.1, -0.05) is 29.8 Å². The highest BCUT2D eigenvalue weighted by Gasteiger charge is 2.29. The van der Waals surface area contributed by atoms with Crippen LogP contribution in [0.25, 0.3) is 0 Å². The molecule has 0 aliphatic heterocycles. The van der Waals surface area contributed by atoms with Gasteiger partial charge in [0.2, 0.25) is 0 Å². The van der Waals surface area contributed by atoms with Gasteiger partial charge in [0.25, 0.3) is 15.9 Å². The standard InChI is InChI=1S/C24H24ClN3O6S/c1-32-19-11-9-17(23(14-19)34-3)15-26-27-24(29)16-28(21-13-18(25)10-12-22(21)33-2)35(30,31)20-7-5-4-6-8-20/h4-15H,16H2,1-3H3,(H,27,29)/b26-15-. The lowest BCUT2D eigenvalue weighted by Gasteiger charge is -2.25. The highest BCUT2D eigenvalue weighted by Crippen LogP contribution is 2.34. The van der Waals surface area contributed by atoms with Crippen LogP contribution in [0.3, 0.4) is 0 Å². The molecule has 0 heterocycles. The summed E-state index contributed by atoms with van der Waals surface area (Å²) >= 11 is 6.13. The summed E-state index contributed by atoms with van der Waals surface area (Å²) in [6.45, 7) is -0.578. The summed E-state index contributed by atoms with van der Waals surface area (Å²) in [5.41, 5.74) is 3.04. The SMILES string of the molecule is COc1ccc(/C=N\NC(=O)CN(c2cc(Cl)ccc2OC)S(=O)(=O)c2ccccc2)c(OC)c1. The second-order valence-corrected chi connectivity index (χ2v) is 9.34. The number of amides is 1. The van der Waals surface area contributed by atoms with Crippen molar-refractivity contribution in [3.05, 3.63) is 77.3 Å². The van der Waals surface area contributed by atoms with Gasteiger partial charge in [0.15, 0.2) is 0 Å². The summed E-state index contributed by atoms with van der Waals surface area (Å²) in [4.78, 5) is 12.8. The number of anilines is 1. The molecule has 3 aromatic rings. The molecule has 0 bridgehead atoms. The van der Waals surface area contributed by atoms with Crippen LogP contribution in [-0.4, -0.2) is 48.4 Å². The number of hydrazone groups is 1. The molecule has 35 heavy (non-hydrogen) atoms. The number of hydrogen-bond donors (Lipinski definition) is 1. The second kappa shape index (κ2) is 11.6. The van der Waals surface area contributed by atoms with Gasteiger partial charge < -0.3 is 14.2 Å². The molecule has 9 nitrogen and oxygen atoms in total. The van der Waals surface area contributed by atoms with E-state index in [1.807, 2.05) is 0 Å². The molecular weight excluding hydrogens is 494 g/mol. The number of hydrogen-bond acceptors (Lipinski definition) is 7. The maximum atomic E-state index is 13.5. The molecule has 0 saturated heterocycles. The first-order valence-corrected chi connectivity index (χ1v) is 12.1. The molecule has 0 spiro atoms. The molecule has 1 amide bonds. The Kier molecular flexibility index (Phi) is 8.56. The third kappa shape index (κ3) is 6.23. The first-order chi connectivity index (χ1) is 16.8. The van der Waals surface area contributed by atoms with Crippen molar-refractivity contribution in [1.82, 2.24) is 5.43 Å². The molecule has 0 saturated carbocycles. The van der Waals surface area contributed by atoms with Crippen molar-refractivity contribution in [2.24, 2.45) is 5.10 Å². The van der Waals surface area contributed by atoms with Crippen LogP contribution in [0.2, 0.25) is 5.02 Å². The van der Waals surface area contributed by atoms with Crippen LogP contribution in [0.5, 0.6) is 17.2 Å². The Morgan fingerprint density at radius 3 is 2.34 bits per heavy atom. The van der Waals surface area contributed by atoms with Crippen LogP contribution < -0.4 is 23.9 Å². The quantitative estimate of drug-likeness (QED) is 0.324. The minimum atomic E-state index is -4.15. The number of nitrogens with one attached hydrogen (secondary N) is 1. The summed E-state index contributed by atoms with van der Waals surface area (Å²) in [5.74, 6) is 0.628. The second-order valence-electron chi connectivity index (χ2n) is 7.04. The zero-order valence-corrected chi connectivity index (χ0v) is 20.8. The smallest absolute Gasteiger partial charge is 0.264 e. The van der Waals surface area contributed by atoms with E-state index in [1.54, 1.807) is 42.5 Å². The van der Waals surface area contributed by atoms with Crippen LogP contribution in [0.1, 0.15) is 5.56 Å². The average Bonchev–Trinajstić information content (AvgIpc) is 2.87. The van der Waals surface area contributed by atoms with Crippen molar-refractivity contribution in [1.29, 1.82) is 0 Å². The van der Waals surface area contributed by atoms with Gasteiger partial charge in [-0.25, -0.2) is 13.8 Å². The van der Waals surface area contributed by atoms with Crippen LogP contribution in [0.4, 0.5) is 5.69 Å². The van der Waals surface area contributed by atoms with E-state index in [-0.39, 0.29) is 21.4 Å². The van der Waals surface area contributed by atoms with E-state index in [0.717, 1.165) is 4.31 Å². The molecule has 3 rings (SSSR count). The normalized spacial score (nSPS) is 11.2. The van der Waals surface area contributed by atoms with Gasteiger partial charge in [0.1, 0.15) is 23.8 Å². The van der Waals surface area contributed by atoms with E-state index >= 15 is 0 Å². The zero-order chi connectivity index (χ0) is 25.4. The lowest BCUT2D eigenvalue weighted by Crippen LogP contribution is -2.39. The molecule has 0 atom stereocenters. The van der Waals surface area contributed by atoms with Gasteiger partial charge in [0.05, 0.1) is 38.1 Å². The van der Waals surface area contributed by atoms with Gasteiger partial charge in [0, 0.05) is 16.7 Å². The Labute approximate surface area is 208 Å². The molecule has 0 radical (unpaired) electrons. The van der Waals surface area contributed by atoms with Crippen molar-refractivity contribution in [2.75, 3.05) is 32.2 Å². The number of carbonyl (C=O) groups is 1. The Morgan fingerprint density at radius 1 is 0.971 bits per heavy atom. The molecule has 1 N–H and O–H groups in total. The van der Waals surface area contributed by atoms with Crippen LogP contribution in [-0.2, 0) is 14.8 Å². The summed E-state index contributed by atoms with van der Waals surface area (Å²) in [6, 6.07) is 17.3.